The lowest BCUT2D eigenvalue weighted by Crippen LogP contribution is -2.62. The molecular weight excluding hydrogens is 338 g/mol. The van der Waals surface area contributed by atoms with Crippen LogP contribution in [0.3, 0.4) is 0 Å². The van der Waals surface area contributed by atoms with Crippen molar-refractivity contribution in [2.45, 2.75) is 31.8 Å². The number of hydrogen-bond acceptors (Lipinski definition) is 4. The summed E-state index contributed by atoms with van der Waals surface area (Å²) < 4.78 is 5.76. The fourth-order valence-electron chi connectivity index (χ4n) is 4.11. The second-order valence-corrected chi connectivity index (χ2v) is 7.36. The van der Waals surface area contributed by atoms with Gasteiger partial charge in [-0.25, -0.2) is 0 Å². The summed E-state index contributed by atoms with van der Waals surface area (Å²) in [4.78, 5) is 15.1. The predicted octanol–water partition coefficient (Wildman–Crippen LogP) is 3.39. The van der Waals surface area contributed by atoms with Crippen LogP contribution in [0, 0.1) is 5.92 Å². The van der Waals surface area contributed by atoms with Gasteiger partial charge in [0.15, 0.2) is 5.76 Å². The molecule has 3 N–H and O–H groups in total. The van der Waals surface area contributed by atoms with Gasteiger partial charge in [0.25, 0.3) is 5.91 Å². The van der Waals surface area contributed by atoms with E-state index in [-0.39, 0.29) is 11.9 Å². The molecule has 4 heterocycles. The molecule has 132 valence electrons. The molecule has 0 unspecified atom stereocenters. The minimum Gasteiger partial charge on any atom is -0.451 e. The fourth-order valence-corrected chi connectivity index (χ4v) is 4.33. The van der Waals surface area contributed by atoms with Crippen molar-refractivity contribution in [2.24, 2.45) is 5.92 Å². The van der Waals surface area contributed by atoms with Gasteiger partial charge in [-0.05, 0) is 63.0 Å². The molecule has 1 aromatic heterocycles. The number of nitrogens with two attached hydrogens (primary N) is 1. The van der Waals surface area contributed by atoms with Crippen LogP contribution in [-0.4, -0.2) is 36.0 Å². The minimum absolute atomic E-state index is 0.170. The summed E-state index contributed by atoms with van der Waals surface area (Å²) in [6.45, 7) is 4.46. The van der Waals surface area contributed by atoms with Crippen molar-refractivity contribution in [3.63, 3.8) is 0 Å². The zero-order chi connectivity index (χ0) is 17.6. The summed E-state index contributed by atoms with van der Waals surface area (Å²) >= 11 is 6.24. The molecule has 0 radical (unpaired) electrons. The monoisotopic (exact) mass is 359 g/mol. The summed E-state index contributed by atoms with van der Waals surface area (Å²) in [5, 5.41) is 3.61. The van der Waals surface area contributed by atoms with Crippen LogP contribution in [0.5, 0.6) is 0 Å². The molecule has 0 spiro atoms. The highest BCUT2D eigenvalue weighted by molar-refractivity contribution is 6.35. The zero-order valence-corrected chi connectivity index (χ0v) is 14.9. The van der Waals surface area contributed by atoms with Crippen molar-refractivity contribution in [1.29, 1.82) is 0 Å². The summed E-state index contributed by atoms with van der Waals surface area (Å²) in [5.74, 6) is 1.24. The van der Waals surface area contributed by atoms with Crippen molar-refractivity contribution in [3.05, 3.63) is 41.1 Å². The summed E-state index contributed by atoms with van der Waals surface area (Å²) in [7, 11) is 0. The number of amides is 1. The molecule has 0 aliphatic carbocycles. The Morgan fingerprint density at radius 1 is 1.28 bits per heavy atom. The maximum Gasteiger partial charge on any atom is 0.287 e. The first-order valence-corrected chi connectivity index (χ1v) is 9.11. The molecule has 3 aliphatic heterocycles. The van der Waals surface area contributed by atoms with Gasteiger partial charge in [0.05, 0.1) is 10.7 Å². The number of carbonyl (C=O) groups is 1. The van der Waals surface area contributed by atoms with Gasteiger partial charge < -0.3 is 15.5 Å². The molecule has 2 aromatic rings. The lowest BCUT2D eigenvalue weighted by atomic mass is 9.79. The molecule has 3 saturated heterocycles. The number of halogens is 1. The minimum atomic E-state index is -0.170. The lowest BCUT2D eigenvalue weighted by Gasteiger charge is -2.49. The van der Waals surface area contributed by atoms with Crippen molar-refractivity contribution in [2.75, 3.05) is 18.8 Å². The van der Waals surface area contributed by atoms with Crippen LogP contribution < -0.4 is 11.1 Å². The second kappa shape index (κ2) is 6.39. The molecule has 25 heavy (non-hydrogen) atoms. The first-order valence-electron chi connectivity index (χ1n) is 8.73. The van der Waals surface area contributed by atoms with Gasteiger partial charge in [-0.3, -0.25) is 9.69 Å². The van der Waals surface area contributed by atoms with E-state index in [1.807, 2.05) is 12.1 Å². The number of anilines is 1. The number of nitrogens with one attached hydrogen (secondary N) is 1. The van der Waals surface area contributed by atoms with Crippen molar-refractivity contribution < 1.29 is 9.21 Å². The number of nitrogen functional groups attached to an aromatic ring is 1. The maximum absolute atomic E-state index is 12.7. The van der Waals surface area contributed by atoms with Crippen molar-refractivity contribution in [1.82, 2.24) is 10.2 Å². The molecule has 0 saturated carbocycles. The third kappa shape index (κ3) is 2.92. The Hall–Kier alpha value is -1.98. The Labute approximate surface area is 152 Å². The number of furan rings is 1. The first-order chi connectivity index (χ1) is 12.0. The third-order valence-corrected chi connectivity index (χ3v) is 6.02. The van der Waals surface area contributed by atoms with Crippen molar-refractivity contribution in [3.8, 4) is 11.3 Å². The number of piperidine rings is 3. The van der Waals surface area contributed by atoms with Crippen LogP contribution in [0.25, 0.3) is 11.3 Å². The molecule has 3 aliphatic rings. The molecule has 2 atom stereocenters. The van der Waals surface area contributed by atoms with E-state index >= 15 is 0 Å². The molecule has 5 nitrogen and oxygen atoms in total. The van der Waals surface area contributed by atoms with Crippen LogP contribution >= 0.6 is 11.6 Å². The van der Waals surface area contributed by atoms with Gasteiger partial charge in [-0.2, -0.15) is 0 Å². The molecular formula is C19H22ClN3O2. The molecule has 3 fully saturated rings. The number of benzene rings is 1. The molecule has 1 amide bonds. The Balaban J connectivity index is 1.52. The van der Waals surface area contributed by atoms with E-state index in [2.05, 4.69) is 17.1 Å². The van der Waals surface area contributed by atoms with Crippen LogP contribution in [0.4, 0.5) is 5.69 Å². The number of carbonyl (C=O) groups excluding carboxylic acids is 1. The smallest absolute Gasteiger partial charge is 0.287 e. The summed E-state index contributed by atoms with van der Waals surface area (Å²) in [6.07, 6.45) is 2.30. The van der Waals surface area contributed by atoms with Crippen LogP contribution in [-0.2, 0) is 0 Å². The molecule has 1 aromatic carbocycles. The number of nitrogens with zero attached hydrogens (tertiary/aromatic N) is 1. The number of fused-ring (bicyclic) bond motifs is 3. The highest BCUT2D eigenvalue weighted by atomic mass is 35.5. The predicted molar refractivity (Wildman–Crippen MR) is 98.6 cm³/mol. The van der Waals surface area contributed by atoms with Gasteiger partial charge in [-0.15, -0.1) is 0 Å². The van der Waals surface area contributed by atoms with E-state index in [1.54, 1.807) is 18.2 Å². The van der Waals surface area contributed by atoms with E-state index < -0.39 is 0 Å². The highest BCUT2D eigenvalue weighted by Crippen LogP contribution is 2.34. The van der Waals surface area contributed by atoms with E-state index in [0.717, 1.165) is 25.9 Å². The van der Waals surface area contributed by atoms with Gasteiger partial charge in [0, 0.05) is 17.6 Å². The SMILES string of the molecule is C[C@@H]1[C@H](NC(=O)c2ccc(-c3cccc(N)c3Cl)o2)C2CCN1CC2. The quantitative estimate of drug-likeness (QED) is 0.824. The van der Waals surface area contributed by atoms with Crippen LogP contribution in [0.1, 0.15) is 30.3 Å². The van der Waals surface area contributed by atoms with Gasteiger partial charge in [-0.1, -0.05) is 17.7 Å². The summed E-state index contributed by atoms with van der Waals surface area (Å²) in [6, 6.07) is 9.37. The van der Waals surface area contributed by atoms with E-state index in [9.17, 15) is 4.79 Å². The average Bonchev–Trinajstić information content (AvgIpc) is 3.11. The van der Waals surface area contributed by atoms with Crippen molar-refractivity contribution >= 4 is 23.2 Å². The average molecular weight is 360 g/mol. The molecule has 2 bridgehead atoms. The topological polar surface area (TPSA) is 71.5 Å². The van der Waals surface area contributed by atoms with Gasteiger partial charge in [0.1, 0.15) is 5.76 Å². The Bertz CT molecular complexity index is 794. The van der Waals surface area contributed by atoms with Crippen LogP contribution in [0.15, 0.2) is 34.7 Å². The fraction of sp³-hybridized carbons (Fsp3) is 0.421. The number of hydrogen-bond donors (Lipinski definition) is 2. The normalized spacial score (nSPS) is 28.1. The Morgan fingerprint density at radius 3 is 2.76 bits per heavy atom. The maximum atomic E-state index is 12.7. The van der Waals surface area contributed by atoms with Gasteiger partial charge in [0.2, 0.25) is 0 Å². The summed E-state index contributed by atoms with van der Waals surface area (Å²) in [5.41, 5.74) is 7.02. The highest BCUT2D eigenvalue weighted by Gasteiger charge is 2.40. The Kier molecular flexibility index (Phi) is 4.21. The Morgan fingerprint density at radius 2 is 2.04 bits per heavy atom. The van der Waals surface area contributed by atoms with Gasteiger partial charge >= 0.3 is 0 Å². The lowest BCUT2D eigenvalue weighted by molar-refractivity contribution is 0.0211. The zero-order valence-electron chi connectivity index (χ0n) is 14.2. The second-order valence-electron chi connectivity index (χ2n) is 6.99. The largest absolute Gasteiger partial charge is 0.451 e. The van der Waals surface area contributed by atoms with E-state index in [0.29, 0.717) is 39.8 Å². The third-order valence-electron chi connectivity index (χ3n) is 5.60. The molecule has 5 rings (SSSR count). The van der Waals surface area contributed by atoms with E-state index in [4.69, 9.17) is 21.8 Å². The van der Waals surface area contributed by atoms with E-state index in [1.165, 1.54) is 0 Å². The first kappa shape index (κ1) is 16.5. The number of rotatable bonds is 3. The van der Waals surface area contributed by atoms with Crippen LogP contribution in [0.2, 0.25) is 5.02 Å². The molecule has 6 heteroatoms. The standard InChI is InChI=1S/C19H22ClN3O2/c1-11-18(12-7-9-23(11)10-8-12)22-19(24)16-6-5-15(25-16)13-3-2-4-14(21)17(13)20/h2-6,11-12,18H,7-10,21H2,1H3,(H,22,24)/t11-,18+/m1/s1.